The minimum Gasteiger partial charge on any atom is -0.492 e. The van der Waals surface area contributed by atoms with Crippen LogP contribution in [0.25, 0.3) is 11.3 Å². The molecule has 1 heterocycles. The van der Waals surface area contributed by atoms with Crippen LogP contribution < -0.4 is 4.74 Å². The second-order valence-electron chi connectivity index (χ2n) is 6.76. The second-order valence-corrected chi connectivity index (χ2v) is 8.83. The molecule has 0 radical (unpaired) electrons. The van der Waals surface area contributed by atoms with Crippen molar-refractivity contribution in [2.75, 3.05) is 6.61 Å². The van der Waals surface area contributed by atoms with Crippen molar-refractivity contribution >= 4 is 34.5 Å². The van der Waals surface area contributed by atoms with E-state index in [2.05, 4.69) is 39.6 Å². The minimum absolute atomic E-state index is 0.180. The molecule has 1 aromatic heterocycles. The Morgan fingerprint density at radius 2 is 1.65 bits per heavy atom. The molecule has 2 aromatic rings. The van der Waals surface area contributed by atoms with Gasteiger partial charge in [-0.25, -0.2) is 4.98 Å². The largest absolute Gasteiger partial charge is 0.492 e. The molecule has 0 fully saturated rings. The topological polar surface area (TPSA) is 22.1 Å². The molecular weight excluding hydrogens is 385 g/mol. The van der Waals surface area contributed by atoms with Crippen molar-refractivity contribution in [1.29, 1.82) is 0 Å². The monoisotopic (exact) mass is 417 g/mol. The third kappa shape index (κ3) is 8.75. The molecule has 2 rings (SSSR count). The van der Waals surface area contributed by atoms with E-state index in [0.29, 0.717) is 21.8 Å². The first-order valence-electron chi connectivity index (χ1n) is 9.29. The summed E-state index contributed by atoms with van der Waals surface area (Å²) in [6.45, 7) is 17.4. The number of hydrogen-bond acceptors (Lipinski definition) is 3. The summed E-state index contributed by atoms with van der Waals surface area (Å²) in [5.74, 6) is 0.683. The van der Waals surface area contributed by atoms with E-state index < -0.39 is 0 Å². The van der Waals surface area contributed by atoms with Gasteiger partial charge >= 0.3 is 0 Å². The Bertz CT molecular complexity index is 648. The maximum Gasteiger partial charge on any atom is 0.184 e. The molecule has 148 valence electrons. The van der Waals surface area contributed by atoms with Gasteiger partial charge in [0.15, 0.2) is 4.47 Å². The predicted octanol–water partition coefficient (Wildman–Crippen LogP) is 8.55. The molecule has 0 unspecified atom stereocenters. The first-order valence-corrected chi connectivity index (χ1v) is 10.9. The average molecular weight is 418 g/mol. The lowest BCUT2D eigenvalue weighted by atomic mass is 9.90. The molecule has 0 amide bonds. The van der Waals surface area contributed by atoms with E-state index in [9.17, 15) is 0 Å². The average Bonchev–Trinajstić information content (AvgIpc) is 2.91. The van der Waals surface area contributed by atoms with Crippen LogP contribution in [0.3, 0.4) is 0 Å². The summed E-state index contributed by atoms with van der Waals surface area (Å²) in [5, 5.41) is 0.610. The number of thiazole rings is 1. The summed E-state index contributed by atoms with van der Waals surface area (Å²) >= 11 is 13.8. The summed E-state index contributed by atoms with van der Waals surface area (Å²) in [6.07, 6.45) is 2.18. The van der Waals surface area contributed by atoms with Crippen LogP contribution in [-0.2, 0) is 6.42 Å². The van der Waals surface area contributed by atoms with Crippen molar-refractivity contribution in [1.82, 2.24) is 4.98 Å². The molecular formula is C21H33Cl2NOS. The summed E-state index contributed by atoms with van der Waals surface area (Å²) in [6, 6.07) is 5.74. The van der Waals surface area contributed by atoms with Crippen LogP contribution in [0.4, 0.5) is 0 Å². The van der Waals surface area contributed by atoms with Crippen molar-refractivity contribution < 1.29 is 4.74 Å². The fraction of sp³-hybridized carbons (Fsp3) is 0.571. The lowest BCUT2D eigenvalue weighted by Gasteiger charge is -2.17. The summed E-state index contributed by atoms with van der Waals surface area (Å²) in [4.78, 5) is 5.67. The number of benzene rings is 1. The summed E-state index contributed by atoms with van der Waals surface area (Å²) in [7, 11) is 0. The third-order valence-corrected chi connectivity index (χ3v) is 4.34. The standard InChI is InChI=1S/C16H19Cl2NOS.C3H8.C2H6/c1-5-20-12-8-10(6-7-11(12)17)14-13(9-16(2,3)4)21-15(18)19-14;1-3-2;1-2/h6-8H,5,9H2,1-4H3;3H2,1-2H3;1-2H3. The van der Waals surface area contributed by atoms with E-state index in [1.165, 1.54) is 22.6 Å². The van der Waals surface area contributed by atoms with Crippen LogP contribution in [0.1, 0.15) is 66.7 Å². The highest BCUT2D eigenvalue weighted by atomic mass is 35.5. The Balaban J connectivity index is 0.00000113. The molecule has 0 saturated heterocycles. The summed E-state index contributed by atoms with van der Waals surface area (Å²) in [5.41, 5.74) is 2.10. The number of aromatic nitrogens is 1. The molecule has 1 aromatic carbocycles. The normalized spacial score (nSPS) is 10.4. The molecule has 0 aliphatic carbocycles. The first-order chi connectivity index (χ1) is 12.2. The highest BCUT2D eigenvalue weighted by molar-refractivity contribution is 7.16. The molecule has 26 heavy (non-hydrogen) atoms. The van der Waals surface area contributed by atoms with E-state index in [0.717, 1.165) is 17.7 Å². The zero-order valence-electron chi connectivity index (χ0n) is 17.4. The van der Waals surface area contributed by atoms with Crippen LogP contribution in [0, 0.1) is 5.41 Å². The Hall–Kier alpha value is -0.770. The van der Waals surface area contributed by atoms with Crippen molar-refractivity contribution in [2.24, 2.45) is 5.41 Å². The van der Waals surface area contributed by atoms with Crippen LogP contribution in [0.5, 0.6) is 5.75 Å². The van der Waals surface area contributed by atoms with Crippen molar-refractivity contribution in [2.45, 2.75) is 68.2 Å². The minimum atomic E-state index is 0.180. The quantitative estimate of drug-likeness (QED) is 0.496. The Labute approximate surface area is 173 Å². The fourth-order valence-corrected chi connectivity index (χ4v) is 3.71. The molecule has 0 spiro atoms. The van der Waals surface area contributed by atoms with E-state index in [1.807, 2.05) is 39.0 Å². The predicted molar refractivity (Wildman–Crippen MR) is 119 cm³/mol. The van der Waals surface area contributed by atoms with Crippen LogP contribution in [0.2, 0.25) is 9.49 Å². The van der Waals surface area contributed by atoms with Crippen LogP contribution >= 0.6 is 34.5 Å². The second kappa shape index (κ2) is 12.6. The highest BCUT2D eigenvalue weighted by Crippen LogP contribution is 2.38. The zero-order chi connectivity index (χ0) is 20.3. The Morgan fingerprint density at radius 1 is 1.08 bits per heavy atom. The maximum atomic E-state index is 6.15. The van der Waals surface area contributed by atoms with Crippen molar-refractivity contribution in [3.05, 3.63) is 32.6 Å². The van der Waals surface area contributed by atoms with Gasteiger partial charge in [-0.2, -0.15) is 0 Å². The molecule has 0 saturated carbocycles. The van der Waals surface area contributed by atoms with E-state index in [-0.39, 0.29) is 5.41 Å². The van der Waals surface area contributed by atoms with Crippen LogP contribution in [0.15, 0.2) is 18.2 Å². The number of nitrogens with zero attached hydrogens (tertiary/aromatic N) is 1. The van der Waals surface area contributed by atoms with E-state index in [1.54, 1.807) is 0 Å². The number of halogens is 2. The smallest absolute Gasteiger partial charge is 0.184 e. The van der Waals surface area contributed by atoms with Gasteiger partial charge in [0.05, 0.1) is 17.3 Å². The summed E-state index contributed by atoms with van der Waals surface area (Å²) < 4.78 is 6.12. The van der Waals surface area contributed by atoms with Gasteiger partial charge in [-0.1, -0.05) is 84.2 Å². The lowest BCUT2D eigenvalue weighted by molar-refractivity contribution is 0.340. The van der Waals surface area contributed by atoms with E-state index in [4.69, 9.17) is 27.9 Å². The third-order valence-electron chi connectivity index (χ3n) is 2.87. The zero-order valence-corrected chi connectivity index (χ0v) is 19.7. The van der Waals surface area contributed by atoms with Crippen molar-refractivity contribution in [3.8, 4) is 17.0 Å². The molecule has 2 nitrogen and oxygen atoms in total. The first kappa shape index (κ1) is 25.2. The van der Waals surface area contributed by atoms with Gasteiger partial charge < -0.3 is 4.74 Å². The van der Waals surface area contributed by atoms with Gasteiger partial charge in [0.2, 0.25) is 0 Å². The molecule has 0 atom stereocenters. The number of ether oxygens (including phenoxy) is 1. The number of hydrogen-bond donors (Lipinski definition) is 0. The fourth-order valence-electron chi connectivity index (χ4n) is 2.07. The Kier molecular flexibility index (Phi) is 12.2. The van der Waals surface area contributed by atoms with Gasteiger partial charge in [-0.05, 0) is 30.9 Å². The molecule has 0 aliphatic rings. The van der Waals surface area contributed by atoms with Crippen molar-refractivity contribution in [3.63, 3.8) is 0 Å². The highest BCUT2D eigenvalue weighted by Gasteiger charge is 2.19. The van der Waals surface area contributed by atoms with Gasteiger partial charge in [-0.15, -0.1) is 11.3 Å². The molecule has 0 aliphatic heterocycles. The lowest BCUT2D eigenvalue weighted by Crippen LogP contribution is -2.08. The molecule has 5 heteroatoms. The van der Waals surface area contributed by atoms with Gasteiger partial charge in [-0.3, -0.25) is 0 Å². The Morgan fingerprint density at radius 3 is 2.15 bits per heavy atom. The van der Waals surface area contributed by atoms with Crippen LogP contribution in [-0.4, -0.2) is 11.6 Å². The van der Waals surface area contributed by atoms with Gasteiger partial charge in [0.25, 0.3) is 0 Å². The van der Waals surface area contributed by atoms with Gasteiger partial charge in [0, 0.05) is 10.4 Å². The molecule has 0 N–H and O–H groups in total. The number of rotatable bonds is 4. The van der Waals surface area contributed by atoms with Gasteiger partial charge in [0.1, 0.15) is 5.75 Å². The molecule has 0 bridgehead atoms. The SMILES string of the molecule is CC.CCC.CCOc1cc(-c2nc(Cl)sc2CC(C)(C)C)ccc1Cl. The van der Waals surface area contributed by atoms with E-state index >= 15 is 0 Å². The maximum absolute atomic E-state index is 6.15.